The molecule has 0 saturated carbocycles. The summed E-state index contributed by atoms with van der Waals surface area (Å²) in [4.78, 5) is 22.2. The van der Waals surface area contributed by atoms with Crippen LogP contribution in [-0.2, 0) is 4.74 Å². The van der Waals surface area contributed by atoms with E-state index in [1.54, 1.807) is 0 Å². The molecule has 0 aliphatic carbocycles. The number of phenolic OH excluding ortho intramolecular Hbond substituents is 1. The van der Waals surface area contributed by atoms with Crippen LogP contribution in [0, 0.1) is 10.1 Å². The number of amides is 1. The summed E-state index contributed by atoms with van der Waals surface area (Å²) in [5.74, 6) is -0.858. The van der Waals surface area contributed by atoms with E-state index in [0.717, 1.165) is 31.4 Å². The average molecular weight is 294 g/mol. The summed E-state index contributed by atoms with van der Waals surface area (Å²) in [6.07, 6.45) is 2.58. The van der Waals surface area contributed by atoms with Crippen molar-refractivity contribution < 1.29 is 19.6 Å². The molecule has 2 atom stereocenters. The monoisotopic (exact) mass is 294 g/mol. The van der Waals surface area contributed by atoms with Crippen LogP contribution >= 0.6 is 0 Å². The van der Waals surface area contributed by atoms with Crippen LogP contribution in [0.3, 0.4) is 0 Å². The third-order valence-corrected chi connectivity index (χ3v) is 3.60. The molecule has 1 aromatic carbocycles. The van der Waals surface area contributed by atoms with E-state index in [0.29, 0.717) is 6.61 Å². The van der Waals surface area contributed by atoms with Crippen molar-refractivity contribution in [1.29, 1.82) is 0 Å². The van der Waals surface area contributed by atoms with E-state index in [1.165, 1.54) is 6.07 Å². The quantitative estimate of drug-likeness (QED) is 0.638. The van der Waals surface area contributed by atoms with Gasteiger partial charge in [-0.15, -0.1) is 0 Å². The van der Waals surface area contributed by atoms with Crippen LogP contribution in [0.25, 0.3) is 0 Å². The highest BCUT2D eigenvalue weighted by molar-refractivity contribution is 5.95. The summed E-state index contributed by atoms with van der Waals surface area (Å²) in [5.41, 5.74) is -0.330. The molecule has 114 valence electrons. The van der Waals surface area contributed by atoms with E-state index in [2.05, 4.69) is 5.32 Å². The van der Waals surface area contributed by atoms with Gasteiger partial charge in [0, 0.05) is 18.2 Å². The molecule has 1 heterocycles. The molecule has 0 radical (unpaired) electrons. The van der Waals surface area contributed by atoms with Crippen molar-refractivity contribution in [3.05, 3.63) is 33.9 Å². The molecule has 1 aromatic rings. The number of ether oxygens (including phenoxy) is 1. The lowest BCUT2D eigenvalue weighted by Crippen LogP contribution is -2.42. The van der Waals surface area contributed by atoms with Gasteiger partial charge in [0.25, 0.3) is 5.91 Å². The first-order valence-electron chi connectivity index (χ1n) is 6.92. The van der Waals surface area contributed by atoms with Gasteiger partial charge in [0.1, 0.15) is 0 Å². The minimum atomic E-state index is -0.719. The smallest absolute Gasteiger partial charge is 0.311 e. The molecule has 0 aromatic heterocycles. The summed E-state index contributed by atoms with van der Waals surface area (Å²) >= 11 is 0. The van der Waals surface area contributed by atoms with Crippen LogP contribution in [0.5, 0.6) is 5.75 Å². The van der Waals surface area contributed by atoms with Gasteiger partial charge in [-0.25, -0.2) is 0 Å². The Morgan fingerprint density at radius 3 is 2.95 bits per heavy atom. The van der Waals surface area contributed by atoms with E-state index in [1.807, 2.05) is 6.92 Å². The Balaban J connectivity index is 2.12. The first-order valence-corrected chi connectivity index (χ1v) is 6.92. The van der Waals surface area contributed by atoms with Crippen LogP contribution in [0.2, 0.25) is 0 Å². The van der Waals surface area contributed by atoms with Crippen LogP contribution < -0.4 is 5.32 Å². The van der Waals surface area contributed by atoms with Crippen molar-refractivity contribution in [2.24, 2.45) is 0 Å². The molecule has 2 N–H and O–H groups in total. The van der Waals surface area contributed by atoms with Crippen molar-refractivity contribution in [3.63, 3.8) is 0 Å². The second-order valence-corrected chi connectivity index (χ2v) is 5.00. The van der Waals surface area contributed by atoms with Crippen molar-refractivity contribution >= 4 is 11.6 Å². The summed E-state index contributed by atoms with van der Waals surface area (Å²) in [6, 6.07) is 3.47. The van der Waals surface area contributed by atoms with Gasteiger partial charge in [-0.3, -0.25) is 14.9 Å². The summed E-state index contributed by atoms with van der Waals surface area (Å²) < 4.78 is 5.56. The highest BCUT2D eigenvalue weighted by atomic mass is 16.6. The van der Waals surface area contributed by atoms with Gasteiger partial charge in [0.15, 0.2) is 5.75 Å². The van der Waals surface area contributed by atoms with Crippen molar-refractivity contribution in [1.82, 2.24) is 5.32 Å². The van der Waals surface area contributed by atoms with E-state index < -0.39 is 22.3 Å². The highest BCUT2D eigenvalue weighted by Crippen LogP contribution is 2.26. The number of phenols is 1. The molecular weight excluding hydrogens is 276 g/mol. The largest absolute Gasteiger partial charge is 0.502 e. The Morgan fingerprint density at radius 2 is 2.38 bits per heavy atom. The van der Waals surface area contributed by atoms with E-state index in [4.69, 9.17) is 4.74 Å². The number of nitro benzene ring substituents is 1. The maximum atomic E-state index is 12.2. The first-order chi connectivity index (χ1) is 10.0. The lowest BCUT2D eigenvalue weighted by atomic mass is 10.0. The summed E-state index contributed by atoms with van der Waals surface area (Å²) in [6.45, 7) is 2.65. The second-order valence-electron chi connectivity index (χ2n) is 5.00. The predicted octanol–water partition coefficient (Wildman–Crippen LogP) is 1.99. The number of rotatable bonds is 5. The SMILES string of the molecule is CC[C@H](NC(=O)c1ccc(O)c([N+](=O)[O-])c1)[C@@H]1CCCO1. The molecule has 2 rings (SSSR count). The van der Waals surface area contributed by atoms with Gasteiger partial charge in [-0.05, 0) is 31.4 Å². The Bertz CT molecular complexity index is 540. The lowest BCUT2D eigenvalue weighted by Gasteiger charge is -2.22. The highest BCUT2D eigenvalue weighted by Gasteiger charge is 2.27. The Kier molecular flexibility index (Phi) is 4.74. The fourth-order valence-electron chi connectivity index (χ4n) is 2.44. The number of nitrogens with zero attached hydrogens (tertiary/aromatic N) is 1. The molecule has 7 heteroatoms. The van der Waals surface area contributed by atoms with Crippen molar-refractivity contribution in [3.8, 4) is 5.75 Å². The zero-order valence-corrected chi connectivity index (χ0v) is 11.7. The molecule has 7 nitrogen and oxygen atoms in total. The zero-order valence-electron chi connectivity index (χ0n) is 11.7. The molecule has 1 saturated heterocycles. The molecule has 21 heavy (non-hydrogen) atoms. The van der Waals surface area contributed by atoms with Crippen molar-refractivity contribution in [2.75, 3.05) is 6.61 Å². The molecular formula is C14H18N2O5. The average Bonchev–Trinajstić information content (AvgIpc) is 2.98. The zero-order chi connectivity index (χ0) is 15.4. The lowest BCUT2D eigenvalue weighted by molar-refractivity contribution is -0.385. The third kappa shape index (κ3) is 3.49. The minimum absolute atomic E-state index is 0.00829. The number of hydrogen-bond donors (Lipinski definition) is 2. The van der Waals surface area contributed by atoms with Gasteiger partial charge in [0.05, 0.1) is 17.1 Å². The molecule has 1 aliphatic heterocycles. The number of nitrogens with one attached hydrogen (secondary N) is 1. The number of carbonyl (C=O) groups is 1. The third-order valence-electron chi connectivity index (χ3n) is 3.60. The second kappa shape index (κ2) is 6.53. The molecule has 1 fully saturated rings. The predicted molar refractivity (Wildman–Crippen MR) is 75.3 cm³/mol. The van der Waals surface area contributed by atoms with Crippen molar-refractivity contribution in [2.45, 2.75) is 38.3 Å². The van der Waals surface area contributed by atoms with E-state index >= 15 is 0 Å². The first kappa shape index (κ1) is 15.2. The summed E-state index contributed by atoms with van der Waals surface area (Å²) in [5, 5.41) is 23.0. The molecule has 0 spiro atoms. The number of nitro groups is 1. The molecule has 1 aliphatic rings. The normalized spacial score (nSPS) is 19.2. The summed E-state index contributed by atoms with van der Waals surface area (Å²) in [7, 11) is 0. The maximum Gasteiger partial charge on any atom is 0.311 e. The van der Waals surface area contributed by atoms with Gasteiger partial charge in [0.2, 0.25) is 0 Å². The maximum absolute atomic E-state index is 12.2. The van der Waals surface area contributed by atoms with Gasteiger partial charge >= 0.3 is 5.69 Å². The standard InChI is InChI=1S/C14H18N2O5/c1-2-10(13-4-3-7-21-13)15-14(18)9-5-6-12(17)11(8-9)16(19)20/h5-6,8,10,13,17H,2-4,7H2,1H3,(H,15,18)/t10-,13-/m0/s1. The van der Waals surface area contributed by atoms with E-state index in [9.17, 15) is 20.0 Å². The Morgan fingerprint density at radius 1 is 1.62 bits per heavy atom. The Labute approximate surface area is 122 Å². The number of aromatic hydroxyl groups is 1. The van der Waals surface area contributed by atoms with Crippen LogP contribution in [-0.4, -0.2) is 34.7 Å². The molecule has 1 amide bonds. The van der Waals surface area contributed by atoms with E-state index in [-0.39, 0.29) is 17.7 Å². The molecule has 0 unspecified atom stereocenters. The minimum Gasteiger partial charge on any atom is -0.502 e. The fourth-order valence-corrected chi connectivity index (χ4v) is 2.44. The Hall–Kier alpha value is -2.15. The number of hydrogen-bond acceptors (Lipinski definition) is 5. The number of carbonyl (C=O) groups excluding carboxylic acids is 1. The van der Waals surface area contributed by atoms with Gasteiger partial charge in [-0.2, -0.15) is 0 Å². The van der Waals surface area contributed by atoms with Crippen LogP contribution in [0.4, 0.5) is 5.69 Å². The fraction of sp³-hybridized carbons (Fsp3) is 0.500. The van der Waals surface area contributed by atoms with Crippen LogP contribution in [0.15, 0.2) is 18.2 Å². The van der Waals surface area contributed by atoms with Crippen LogP contribution in [0.1, 0.15) is 36.5 Å². The van der Waals surface area contributed by atoms with Gasteiger partial charge in [-0.1, -0.05) is 6.92 Å². The molecule has 0 bridgehead atoms. The van der Waals surface area contributed by atoms with Gasteiger partial charge < -0.3 is 15.2 Å². The topological polar surface area (TPSA) is 102 Å². The number of benzene rings is 1.